The van der Waals surface area contributed by atoms with Crippen LogP contribution in [-0.2, 0) is 17.6 Å². The zero-order valence-corrected chi connectivity index (χ0v) is 11.9. The first-order valence-corrected chi connectivity index (χ1v) is 7.04. The molecule has 1 N–H and O–H groups in total. The predicted octanol–water partition coefficient (Wildman–Crippen LogP) is 2.87. The van der Waals surface area contributed by atoms with Crippen molar-refractivity contribution >= 4 is 17.0 Å². The average Bonchev–Trinajstić information content (AvgIpc) is 2.97. The first-order valence-electron chi connectivity index (χ1n) is 7.04. The minimum atomic E-state index is -0.299. The van der Waals surface area contributed by atoms with Crippen LogP contribution in [0.25, 0.3) is 11.1 Å². The van der Waals surface area contributed by atoms with E-state index in [1.165, 1.54) is 18.5 Å². The normalized spacial score (nSPS) is 10.8. The zero-order valence-electron chi connectivity index (χ0n) is 11.9. The number of oxazole rings is 1. The molecular formula is C17H15FN2O2. The fourth-order valence-corrected chi connectivity index (χ4v) is 2.26. The molecule has 0 saturated carbocycles. The number of fused-ring (bicyclic) bond motifs is 1. The number of carbonyl (C=O) groups is 1. The first kappa shape index (κ1) is 14.3. The number of nitrogens with zero attached hydrogens (tertiary/aromatic N) is 1. The van der Waals surface area contributed by atoms with Crippen LogP contribution in [0.5, 0.6) is 0 Å². The number of hydrogen-bond donors (Lipinski definition) is 1. The average molecular weight is 298 g/mol. The molecule has 0 spiro atoms. The van der Waals surface area contributed by atoms with Crippen LogP contribution < -0.4 is 5.32 Å². The molecule has 1 heterocycles. The van der Waals surface area contributed by atoms with Gasteiger partial charge in [0.05, 0.1) is 6.42 Å². The van der Waals surface area contributed by atoms with Crippen molar-refractivity contribution in [3.05, 3.63) is 65.8 Å². The van der Waals surface area contributed by atoms with Gasteiger partial charge in [-0.1, -0.05) is 18.2 Å². The van der Waals surface area contributed by atoms with Crippen LogP contribution in [0.4, 0.5) is 4.39 Å². The van der Waals surface area contributed by atoms with Gasteiger partial charge in [0, 0.05) is 6.54 Å². The van der Waals surface area contributed by atoms with Crippen LogP contribution in [0.1, 0.15) is 11.1 Å². The van der Waals surface area contributed by atoms with E-state index in [2.05, 4.69) is 10.3 Å². The van der Waals surface area contributed by atoms with Gasteiger partial charge in [-0.3, -0.25) is 4.79 Å². The summed E-state index contributed by atoms with van der Waals surface area (Å²) in [5.74, 6) is -0.374. The van der Waals surface area contributed by atoms with Crippen LogP contribution in [0.3, 0.4) is 0 Å². The SMILES string of the molecule is O=C(Cc1ccc(F)cc1)NCCc1ccc2ocnc2c1. The van der Waals surface area contributed by atoms with Gasteiger partial charge in [0.1, 0.15) is 11.3 Å². The van der Waals surface area contributed by atoms with E-state index in [0.717, 1.165) is 28.6 Å². The second kappa shape index (κ2) is 6.39. The number of aromatic nitrogens is 1. The van der Waals surface area contributed by atoms with Gasteiger partial charge in [0.25, 0.3) is 0 Å². The van der Waals surface area contributed by atoms with Gasteiger partial charge in [0.15, 0.2) is 12.0 Å². The van der Waals surface area contributed by atoms with E-state index in [4.69, 9.17) is 4.42 Å². The van der Waals surface area contributed by atoms with Gasteiger partial charge in [-0.2, -0.15) is 0 Å². The molecule has 0 unspecified atom stereocenters. The quantitative estimate of drug-likeness (QED) is 0.788. The van der Waals surface area contributed by atoms with Crippen molar-refractivity contribution < 1.29 is 13.6 Å². The molecule has 3 aromatic rings. The Morgan fingerprint density at radius 3 is 2.73 bits per heavy atom. The van der Waals surface area contributed by atoms with Gasteiger partial charge < -0.3 is 9.73 Å². The molecule has 0 bridgehead atoms. The highest BCUT2D eigenvalue weighted by atomic mass is 19.1. The summed E-state index contributed by atoms with van der Waals surface area (Å²) in [6, 6.07) is 11.7. The molecule has 0 radical (unpaired) electrons. The van der Waals surface area contributed by atoms with Crippen molar-refractivity contribution in [2.45, 2.75) is 12.8 Å². The Balaban J connectivity index is 1.49. The predicted molar refractivity (Wildman–Crippen MR) is 80.8 cm³/mol. The lowest BCUT2D eigenvalue weighted by Crippen LogP contribution is -2.27. The van der Waals surface area contributed by atoms with Gasteiger partial charge in [-0.05, 0) is 41.8 Å². The van der Waals surface area contributed by atoms with Crippen molar-refractivity contribution in [2.75, 3.05) is 6.54 Å². The summed E-state index contributed by atoms with van der Waals surface area (Å²) in [6.07, 6.45) is 2.39. The van der Waals surface area contributed by atoms with E-state index in [9.17, 15) is 9.18 Å². The standard InChI is InChI=1S/C17H15FN2O2/c18-14-4-1-12(2-5-14)10-17(21)19-8-7-13-3-6-16-15(9-13)20-11-22-16/h1-6,9,11H,7-8,10H2,(H,19,21). The summed E-state index contributed by atoms with van der Waals surface area (Å²) in [5.41, 5.74) is 3.45. The molecule has 2 aromatic carbocycles. The highest BCUT2D eigenvalue weighted by Crippen LogP contribution is 2.14. The number of amides is 1. The monoisotopic (exact) mass is 298 g/mol. The largest absolute Gasteiger partial charge is 0.443 e. The Hall–Kier alpha value is -2.69. The number of benzene rings is 2. The van der Waals surface area contributed by atoms with Gasteiger partial charge in [-0.25, -0.2) is 9.37 Å². The molecule has 5 heteroatoms. The van der Waals surface area contributed by atoms with Gasteiger partial charge in [0.2, 0.25) is 5.91 Å². The first-order chi connectivity index (χ1) is 10.7. The fourth-order valence-electron chi connectivity index (χ4n) is 2.26. The third-order valence-corrected chi connectivity index (χ3v) is 3.41. The van der Waals surface area contributed by atoms with Crippen molar-refractivity contribution in [2.24, 2.45) is 0 Å². The van der Waals surface area contributed by atoms with Crippen molar-refractivity contribution in [1.82, 2.24) is 10.3 Å². The van der Waals surface area contributed by atoms with Gasteiger partial charge >= 0.3 is 0 Å². The number of carbonyl (C=O) groups excluding carboxylic acids is 1. The molecule has 4 nitrogen and oxygen atoms in total. The smallest absolute Gasteiger partial charge is 0.224 e. The second-order valence-electron chi connectivity index (χ2n) is 5.06. The lowest BCUT2D eigenvalue weighted by Gasteiger charge is -2.05. The number of hydrogen-bond acceptors (Lipinski definition) is 3. The van der Waals surface area contributed by atoms with E-state index >= 15 is 0 Å². The highest BCUT2D eigenvalue weighted by molar-refractivity contribution is 5.78. The lowest BCUT2D eigenvalue weighted by molar-refractivity contribution is -0.120. The molecule has 1 amide bonds. The minimum Gasteiger partial charge on any atom is -0.443 e. The van der Waals surface area contributed by atoms with E-state index < -0.39 is 0 Å². The van der Waals surface area contributed by atoms with Crippen LogP contribution in [-0.4, -0.2) is 17.4 Å². The van der Waals surface area contributed by atoms with E-state index in [1.54, 1.807) is 12.1 Å². The molecule has 0 saturated heterocycles. The molecular weight excluding hydrogens is 283 g/mol. The van der Waals surface area contributed by atoms with E-state index in [-0.39, 0.29) is 18.1 Å². The van der Waals surface area contributed by atoms with Crippen molar-refractivity contribution in [1.29, 1.82) is 0 Å². The summed E-state index contributed by atoms with van der Waals surface area (Å²) < 4.78 is 18.0. The maximum atomic E-state index is 12.8. The number of halogens is 1. The fraction of sp³-hybridized carbons (Fsp3) is 0.176. The Morgan fingerprint density at radius 1 is 1.14 bits per heavy atom. The maximum absolute atomic E-state index is 12.8. The van der Waals surface area contributed by atoms with Crippen molar-refractivity contribution in [3.8, 4) is 0 Å². The second-order valence-corrected chi connectivity index (χ2v) is 5.06. The maximum Gasteiger partial charge on any atom is 0.224 e. The summed E-state index contributed by atoms with van der Waals surface area (Å²) in [6.45, 7) is 0.545. The summed E-state index contributed by atoms with van der Waals surface area (Å²) in [4.78, 5) is 15.9. The Kier molecular flexibility index (Phi) is 4.14. The molecule has 0 aliphatic rings. The molecule has 3 rings (SSSR count). The summed E-state index contributed by atoms with van der Waals surface area (Å²) in [7, 11) is 0. The Labute approximate surface area is 127 Å². The van der Waals surface area contributed by atoms with E-state index in [0.29, 0.717) is 6.54 Å². The Morgan fingerprint density at radius 2 is 1.91 bits per heavy atom. The molecule has 0 aliphatic heterocycles. The molecule has 0 atom stereocenters. The zero-order chi connectivity index (χ0) is 15.4. The van der Waals surface area contributed by atoms with Crippen LogP contribution >= 0.6 is 0 Å². The third-order valence-electron chi connectivity index (χ3n) is 3.41. The number of nitrogens with one attached hydrogen (secondary N) is 1. The van der Waals surface area contributed by atoms with Crippen LogP contribution in [0, 0.1) is 5.82 Å². The van der Waals surface area contributed by atoms with Crippen LogP contribution in [0.2, 0.25) is 0 Å². The molecule has 0 fully saturated rings. The molecule has 0 aliphatic carbocycles. The van der Waals surface area contributed by atoms with Crippen LogP contribution in [0.15, 0.2) is 53.3 Å². The van der Waals surface area contributed by atoms with E-state index in [1.807, 2.05) is 18.2 Å². The lowest BCUT2D eigenvalue weighted by atomic mass is 10.1. The molecule has 1 aromatic heterocycles. The Bertz CT molecular complexity index is 781. The highest BCUT2D eigenvalue weighted by Gasteiger charge is 2.04. The van der Waals surface area contributed by atoms with Crippen molar-refractivity contribution in [3.63, 3.8) is 0 Å². The molecule has 112 valence electrons. The summed E-state index contributed by atoms with van der Waals surface area (Å²) >= 11 is 0. The van der Waals surface area contributed by atoms with Gasteiger partial charge in [-0.15, -0.1) is 0 Å². The summed E-state index contributed by atoms with van der Waals surface area (Å²) in [5, 5.41) is 2.86. The molecule has 22 heavy (non-hydrogen) atoms. The third kappa shape index (κ3) is 3.49. The number of rotatable bonds is 5. The topological polar surface area (TPSA) is 55.1 Å². The minimum absolute atomic E-state index is 0.0749.